The van der Waals surface area contributed by atoms with Crippen molar-refractivity contribution in [3.63, 3.8) is 0 Å². The molecule has 0 spiro atoms. The highest BCUT2D eigenvalue weighted by Crippen LogP contribution is 2.31. The molecule has 0 unspecified atom stereocenters. The molecule has 0 saturated carbocycles. The summed E-state index contributed by atoms with van der Waals surface area (Å²) in [5.74, 6) is -0.0310. The molecular weight excluding hydrogens is 354 g/mol. The van der Waals surface area contributed by atoms with Crippen LogP contribution in [0.5, 0.6) is 0 Å². The van der Waals surface area contributed by atoms with Crippen LogP contribution in [0.1, 0.15) is 22.0 Å². The van der Waals surface area contributed by atoms with Crippen molar-refractivity contribution >= 4 is 16.9 Å². The molecule has 1 aliphatic heterocycles. The molecule has 2 atom stereocenters. The third-order valence-electron chi connectivity index (χ3n) is 5.15. The smallest absolute Gasteiger partial charge is 0.256 e. The number of hydrogen-bond donors (Lipinski definition) is 0. The minimum atomic E-state index is -0.146. The first kappa shape index (κ1) is 18.6. The lowest BCUT2D eigenvalue weighted by atomic mass is 9.96. The van der Waals surface area contributed by atoms with Crippen molar-refractivity contribution in [3.05, 3.63) is 59.9 Å². The zero-order valence-corrected chi connectivity index (χ0v) is 16.4. The van der Waals surface area contributed by atoms with Crippen molar-refractivity contribution in [2.45, 2.75) is 12.1 Å². The fraction of sp³-hybridized carbons (Fsp3) is 0.381. The fourth-order valence-electron chi connectivity index (χ4n) is 3.83. The van der Waals surface area contributed by atoms with E-state index in [4.69, 9.17) is 4.74 Å². The average Bonchev–Trinajstić information content (AvgIpc) is 3.08. The summed E-state index contributed by atoms with van der Waals surface area (Å²) >= 11 is 0. The molecule has 0 bridgehead atoms. The molecule has 0 N–H and O–H groups in total. The Balaban J connectivity index is 1.71. The van der Waals surface area contributed by atoms with Gasteiger partial charge in [0.05, 0.1) is 36.0 Å². The lowest BCUT2D eigenvalue weighted by Crippen LogP contribution is -2.51. The number of benzene rings is 1. The van der Waals surface area contributed by atoms with Gasteiger partial charge in [-0.05, 0) is 25.7 Å². The van der Waals surface area contributed by atoms with E-state index in [1.807, 2.05) is 50.3 Å². The number of fused-ring (bicyclic) bond motifs is 1. The minimum Gasteiger partial charge on any atom is -0.373 e. The molecule has 7 nitrogen and oxygen atoms in total. The molecule has 146 valence electrons. The van der Waals surface area contributed by atoms with Crippen LogP contribution in [0.4, 0.5) is 0 Å². The van der Waals surface area contributed by atoms with Crippen molar-refractivity contribution < 1.29 is 9.53 Å². The Morgan fingerprint density at radius 3 is 2.79 bits per heavy atom. The first-order valence-corrected chi connectivity index (χ1v) is 9.44. The summed E-state index contributed by atoms with van der Waals surface area (Å²) in [7, 11) is 5.89. The van der Waals surface area contributed by atoms with E-state index in [-0.39, 0.29) is 18.1 Å². The van der Waals surface area contributed by atoms with Gasteiger partial charge in [0.2, 0.25) is 0 Å². The quantitative estimate of drug-likeness (QED) is 0.695. The summed E-state index contributed by atoms with van der Waals surface area (Å²) in [6.07, 6.45) is 3.26. The van der Waals surface area contributed by atoms with Crippen LogP contribution in [0, 0.1) is 0 Å². The maximum atomic E-state index is 13.5. The molecule has 7 heteroatoms. The third kappa shape index (κ3) is 3.50. The predicted octanol–water partition coefficient (Wildman–Crippen LogP) is 2.11. The normalized spacial score (nSPS) is 20.1. The highest BCUT2D eigenvalue weighted by atomic mass is 16.5. The monoisotopic (exact) mass is 379 g/mol. The van der Waals surface area contributed by atoms with Gasteiger partial charge in [0.1, 0.15) is 5.52 Å². The van der Waals surface area contributed by atoms with E-state index >= 15 is 0 Å². The van der Waals surface area contributed by atoms with Gasteiger partial charge in [-0.15, -0.1) is 0 Å². The van der Waals surface area contributed by atoms with Gasteiger partial charge in [0.15, 0.2) is 0 Å². The van der Waals surface area contributed by atoms with Crippen LogP contribution in [-0.4, -0.2) is 70.4 Å². The number of aryl methyl sites for hydroxylation is 1. The molecule has 1 fully saturated rings. The minimum absolute atomic E-state index is 0.0310. The maximum absolute atomic E-state index is 13.5. The van der Waals surface area contributed by atoms with Gasteiger partial charge in [-0.25, -0.2) is 0 Å². The SMILES string of the molecule is CN(C)C[C@@H]1OCCN(C(=O)c2cnc3cnn(C)c3c2)[C@H]1c1ccccc1. The number of aromatic nitrogens is 3. The largest absolute Gasteiger partial charge is 0.373 e. The van der Waals surface area contributed by atoms with Crippen LogP contribution in [0.3, 0.4) is 0 Å². The average molecular weight is 379 g/mol. The molecule has 1 amide bonds. The Hall–Kier alpha value is -2.77. The van der Waals surface area contributed by atoms with Gasteiger partial charge < -0.3 is 14.5 Å². The zero-order valence-electron chi connectivity index (χ0n) is 16.4. The highest BCUT2D eigenvalue weighted by Gasteiger charge is 2.37. The number of amides is 1. The molecule has 0 radical (unpaired) electrons. The Morgan fingerprint density at radius 2 is 2.04 bits per heavy atom. The van der Waals surface area contributed by atoms with Crippen LogP contribution in [-0.2, 0) is 11.8 Å². The summed E-state index contributed by atoms with van der Waals surface area (Å²) in [6.45, 7) is 1.81. The van der Waals surface area contributed by atoms with E-state index in [9.17, 15) is 4.79 Å². The Bertz CT molecular complexity index is 969. The first-order chi connectivity index (χ1) is 13.5. The maximum Gasteiger partial charge on any atom is 0.256 e. The van der Waals surface area contributed by atoms with E-state index in [1.54, 1.807) is 17.1 Å². The topological polar surface area (TPSA) is 63.5 Å². The van der Waals surface area contributed by atoms with Crippen molar-refractivity contribution in [3.8, 4) is 0 Å². The summed E-state index contributed by atoms with van der Waals surface area (Å²) in [5, 5.41) is 4.22. The Kier molecular flexibility index (Phi) is 5.11. The number of likely N-dealkylation sites (N-methyl/N-ethyl adjacent to an activating group) is 1. The summed E-state index contributed by atoms with van der Waals surface area (Å²) in [5.41, 5.74) is 3.28. The molecule has 28 heavy (non-hydrogen) atoms. The van der Waals surface area contributed by atoms with Gasteiger partial charge in [0, 0.05) is 26.3 Å². The van der Waals surface area contributed by atoms with Gasteiger partial charge in [-0.2, -0.15) is 5.10 Å². The number of carbonyl (C=O) groups is 1. The van der Waals surface area contributed by atoms with E-state index in [0.717, 1.165) is 23.1 Å². The molecule has 3 aromatic rings. The van der Waals surface area contributed by atoms with Crippen LogP contribution in [0.15, 0.2) is 48.8 Å². The number of hydrogen-bond acceptors (Lipinski definition) is 5. The number of rotatable bonds is 4. The molecule has 1 aliphatic rings. The number of nitrogens with zero attached hydrogens (tertiary/aromatic N) is 5. The van der Waals surface area contributed by atoms with Gasteiger partial charge in [-0.3, -0.25) is 14.5 Å². The number of ether oxygens (including phenoxy) is 1. The molecule has 1 saturated heterocycles. The fourth-order valence-corrected chi connectivity index (χ4v) is 3.83. The second-order valence-electron chi connectivity index (χ2n) is 7.42. The molecule has 1 aromatic carbocycles. The van der Waals surface area contributed by atoms with E-state index in [0.29, 0.717) is 18.7 Å². The van der Waals surface area contributed by atoms with E-state index < -0.39 is 0 Å². The Morgan fingerprint density at radius 1 is 1.25 bits per heavy atom. The second kappa shape index (κ2) is 7.69. The molecule has 4 rings (SSSR count). The van der Waals surface area contributed by atoms with Gasteiger partial charge in [0.25, 0.3) is 5.91 Å². The van der Waals surface area contributed by atoms with Crippen molar-refractivity contribution in [2.24, 2.45) is 7.05 Å². The van der Waals surface area contributed by atoms with Crippen LogP contribution in [0.2, 0.25) is 0 Å². The van der Waals surface area contributed by atoms with Crippen molar-refractivity contribution in [1.29, 1.82) is 0 Å². The predicted molar refractivity (Wildman–Crippen MR) is 107 cm³/mol. The molecular formula is C21H25N5O2. The molecule has 0 aliphatic carbocycles. The standard InChI is InChI=1S/C21H25N5O2/c1-24(2)14-19-20(15-7-5-4-6-8-15)26(9-10-28-19)21(27)16-11-18-17(22-12-16)13-23-25(18)3/h4-8,11-13,19-20H,9-10,14H2,1-3H3/t19-,20-/m0/s1. The summed E-state index contributed by atoms with van der Waals surface area (Å²) in [6, 6.07) is 11.8. The molecule has 2 aromatic heterocycles. The van der Waals surface area contributed by atoms with Crippen molar-refractivity contribution in [1.82, 2.24) is 24.6 Å². The van der Waals surface area contributed by atoms with Crippen LogP contribution >= 0.6 is 0 Å². The van der Waals surface area contributed by atoms with Crippen LogP contribution in [0.25, 0.3) is 11.0 Å². The van der Waals surface area contributed by atoms with Gasteiger partial charge >= 0.3 is 0 Å². The number of morpholine rings is 1. The molecule has 3 heterocycles. The zero-order chi connectivity index (χ0) is 19.7. The highest BCUT2D eigenvalue weighted by molar-refractivity contribution is 5.97. The van der Waals surface area contributed by atoms with E-state index in [2.05, 4.69) is 27.1 Å². The lowest BCUT2D eigenvalue weighted by molar-refractivity contribution is -0.0684. The summed E-state index contributed by atoms with van der Waals surface area (Å²) < 4.78 is 7.82. The van der Waals surface area contributed by atoms with Gasteiger partial charge in [-0.1, -0.05) is 30.3 Å². The lowest BCUT2D eigenvalue weighted by Gasteiger charge is -2.42. The second-order valence-corrected chi connectivity index (χ2v) is 7.42. The first-order valence-electron chi connectivity index (χ1n) is 9.44. The van der Waals surface area contributed by atoms with Crippen molar-refractivity contribution in [2.75, 3.05) is 33.8 Å². The number of pyridine rings is 1. The van der Waals surface area contributed by atoms with Crippen LogP contribution < -0.4 is 0 Å². The number of carbonyl (C=O) groups excluding carboxylic acids is 1. The Labute approximate surface area is 164 Å². The third-order valence-corrected chi connectivity index (χ3v) is 5.15. The summed E-state index contributed by atoms with van der Waals surface area (Å²) in [4.78, 5) is 21.9. The van der Waals surface area contributed by atoms with E-state index in [1.165, 1.54) is 0 Å².